The van der Waals surface area contributed by atoms with Gasteiger partial charge in [-0.3, -0.25) is 29.7 Å². The third-order valence-corrected chi connectivity index (χ3v) is 7.01. The minimum Gasteiger partial charge on any atom is -0.318 e. The summed E-state index contributed by atoms with van der Waals surface area (Å²) in [6.07, 6.45) is 7.52. The maximum absolute atomic E-state index is 14.1. The molecule has 1 N–H and O–H groups in total. The number of benzene rings is 1. The second-order valence-electron chi connectivity index (χ2n) is 9.08. The fraction of sp³-hybridized carbons (Fsp3) is 0.500. The molecule has 4 aliphatic rings. The molecule has 6 rings (SSSR count). The van der Waals surface area contributed by atoms with Gasteiger partial charge in [0.05, 0.1) is 21.1 Å². The van der Waals surface area contributed by atoms with Crippen LogP contribution in [0.15, 0.2) is 24.4 Å². The maximum Gasteiger partial charge on any atom is 0.320 e. The quantitative estimate of drug-likeness (QED) is 0.564. The van der Waals surface area contributed by atoms with Crippen molar-refractivity contribution in [3.8, 4) is 0 Å². The zero-order valence-electron chi connectivity index (χ0n) is 16.5. The third kappa shape index (κ3) is 3.24. The lowest BCUT2D eigenvalue weighted by Crippen LogP contribution is -2.52. The van der Waals surface area contributed by atoms with Gasteiger partial charge in [0.1, 0.15) is 12.0 Å². The Morgan fingerprint density at radius 2 is 1.71 bits per heavy atom. The first-order valence-electron chi connectivity index (χ1n) is 10.2. The molecule has 1 heterocycles. The van der Waals surface area contributed by atoms with Crippen molar-refractivity contribution in [3.63, 3.8) is 0 Å². The van der Waals surface area contributed by atoms with Gasteiger partial charge in [0, 0.05) is 12.1 Å². The normalized spacial score (nSPS) is 28.5. The highest BCUT2D eigenvalue weighted by atomic mass is 19.1. The van der Waals surface area contributed by atoms with E-state index >= 15 is 0 Å². The van der Waals surface area contributed by atoms with Crippen LogP contribution in [0.2, 0.25) is 0 Å². The highest BCUT2D eigenvalue weighted by Crippen LogP contribution is 2.58. The number of carbonyl (C=O) groups is 1. The van der Waals surface area contributed by atoms with Crippen molar-refractivity contribution in [2.45, 2.75) is 44.1 Å². The summed E-state index contributed by atoms with van der Waals surface area (Å²) in [4.78, 5) is 34.0. The van der Waals surface area contributed by atoms with Gasteiger partial charge in [0.25, 0.3) is 11.6 Å². The molecule has 4 saturated carbocycles. The first-order chi connectivity index (χ1) is 14.7. The number of nitrogens with one attached hydrogen (secondary N) is 1. The largest absolute Gasteiger partial charge is 0.320 e. The molecule has 4 aliphatic carbocycles. The summed E-state index contributed by atoms with van der Waals surface area (Å²) in [7, 11) is 0. The molecule has 4 bridgehead atoms. The minimum absolute atomic E-state index is 0.325. The summed E-state index contributed by atoms with van der Waals surface area (Å²) in [6.45, 7) is 0. The lowest BCUT2D eigenvalue weighted by molar-refractivity contribution is -0.385. The summed E-state index contributed by atoms with van der Waals surface area (Å²) >= 11 is 0. The number of nitro groups is 2. The molecule has 10 nitrogen and oxygen atoms in total. The first-order valence-corrected chi connectivity index (χ1v) is 10.2. The minimum atomic E-state index is -0.977. The number of nitrogens with zero attached hydrogens (tertiary/aromatic N) is 4. The van der Waals surface area contributed by atoms with E-state index in [-0.39, 0.29) is 5.54 Å². The summed E-state index contributed by atoms with van der Waals surface area (Å²) in [6, 6.07) is 2.69. The number of aromatic nitrogens is 2. The molecular weight excluding hydrogens is 409 g/mol. The summed E-state index contributed by atoms with van der Waals surface area (Å²) in [5.41, 5.74) is -2.05. The SMILES string of the molecule is O=C(Nc1cc([N+](=O)[O-])ccc1F)c1nn(C23CC4CC(CC(C4)C2)C3)cc1[N+](=O)[O-]. The number of nitro benzene ring substituents is 1. The van der Waals surface area contributed by atoms with Crippen LogP contribution in [-0.2, 0) is 5.54 Å². The molecule has 1 aromatic carbocycles. The molecule has 4 fully saturated rings. The Labute approximate surface area is 175 Å². The van der Waals surface area contributed by atoms with Crippen molar-refractivity contribution in [2.75, 3.05) is 5.32 Å². The fourth-order valence-electron chi connectivity index (χ4n) is 6.15. The molecule has 2 aromatic rings. The van der Waals surface area contributed by atoms with Crippen molar-refractivity contribution in [1.29, 1.82) is 0 Å². The molecule has 31 heavy (non-hydrogen) atoms. The van der Waals surface area contributed by atoms with Crippen molar-refractivity contribution in [3.05, 3.63) is 56.1 Å². The van der Waals surface area contributed by atoms with Crippen molar-refractivity contribution >= 4 is 23.0 Å². The van der Waals surface area contributed by atoms with Crippen LogP contribution in [0, 0.1) is 43.8 Å². The van der Waals surface area contributed by atoms with E-state index < -0.39 is 44.3 Å². The third-order valence-electron chi connectivity index (χ3n) is 7.01. The Morgan fingerprint density at radius 1 is 1.10 bits per heavy atom. The number of halogens is 1. The van der Waals surface area contributed by atoms with Gasteiger partial charge in [-0.25, -0.2) is 4.39 Å². The molecule has 162 valence electrons. The van der Waals surface area contributed by atoms with E-state index in [4.69, 9.17) is 0 Å². The highest BCUT2D eigenvalue weighted by molar-refractivity contribution is 6.05. The number of non-ortho nitro benzene ring substituents is 1. The van der Waals surface area contributed by atoms with E-state index in [2.05, 4.69) is 10.4 Å². The molecule has 0 saturated heterocycles. The predicted octanol–water partition coefficient (Wildman–Crippen LogP) is 4.02. The van der Waals surface area contributed by atoms with E-state index in [1.807, 2.05) is 0 Å². The van der Waals surface area contributed by atoms with E-state index in [9.17, 15) is 29.4 Å². The number of amides is 1. The fourth-order valence-corrected chi connectivity index (χ4v) is 6.15. The Hall–Kier alpha value is -3.37. The van der Waals surface area contributed by atoms with E-state index in [1.165, 1.54) is 25.5 Å². The molecule has 11 heteroatoms. The van der Waals surface area contributed by atoms with Gasteiger partial charge in [-0.1, -0.05) is 0 Å². The zero-order chi connectivity index (χ0) is 21.9. The van der Waals surface area contributed by atoms with Gasteiger partial charge in [-0.2, -0.15) is 5.10 Å². The van der Waals surface area contributed by atoms with Gasteiger partial charge >= 0.3 is 5.69 Å². The van der Waals surface area contributed by atoms with Crippen LogP contribution in [0.4, 0.5) is 21.5 Å². The Balaban J connectivity index is 1.48. The monoisotopic (exact) mass is 429 g/mol. The van der Waals surface area contributed by atoms with Gasteiger partial charge in [-0.15, -0.1) is 0 Å². The van der Waals surface area contributed by atoms with Crippen LogP contribution in [-0.4, -0.2) is 25.5 Å². The highest BCUT2D eigenvalue weighted by Gasteiger charge is 2.53. The maximum atomic E-state index is 14.1. The van der Waals surface area contributed by atoms with Crippen LogP contribution < -0.4 is 5.32 Å². The molecule has 0 aliphatic heterocycles. The first kappa shape index (κ1) is 19.6. The second-order valence-corrected chi connectivity index (χ2v) is 9.08. The van der Waals surface area contributed by atoms with Gasteiger partial charge in [0.2, 0.25) is 5.69 Å². The Bertz CT molecular complexity index is 1080. The number of hydrogen-bond donors (Lipinski definition) is 1. The number of hydrogen-bond acceptors (Lipinski definition) is 6. The number of rotatable bonds is 5. The molecule has 0 spiro atoms. The average molecular weight is 429 g/mol. The lowest BCUT2D eigenvalue weighted by atomic mass is 9.53. The van der Waals surface area contributed by atoms with Crippen LogP contribution in [0.1, 0.15) is 49.0 Å². The molecule has 0 unspecified atom stereocenters. The van der Waals surface area contributed by atoms with Crippen LogP contribution in [0.3, 0.4) is 0 Å². The summed E-state index contributed by atoms with van der Waals surface area (Å²) < 4.78 is 15.7. The van der Waals surface area contributed by atoms with Crippen LogP contribution >= 0.6 is 0 Å². The van der Waals surface area contributed by atoms with Gasteiger partial charge < -0.3 is 5.32 Å². The average Bonchev–Trinajstić information content (AvgIpc) is 3.15. The topological polar surface area (TPSA) is 133 Å². The van der Waals surface area contributed by atoms with E-state index in [1.54, 1.807) is 4.68 Å². The van der Waals surface area contributed by atoms with Gasteiger partial charge in [-0.05, 0) is 62.3 Å². The number of anilines is 1. The van der Waals surface area contributed by atoms with Crippen molar-refractivity contribution in [2.24, 2.45) is 17.8 Å². The Kier molecular flexibility index (Phi) is 4.31. The molecule has 1 amide bonds. The summed E-state index contributed by atoms with van der Waals surface area (Å²) in [5.74, 6) is -0.140. The van der Waals surface area contributed by atoms with Crippen LogP contribution in [0.25, 0.3) is 0 Å². The number of carbonyl (C=O) groups excluding carboxylic acids is 1. The van der Waals surface area contributed by atoms with Gasteiger partial charge in [0.15, 0.2) is 0 Å². The predicted molar refractivity (Wildman–Crippen MR) is 106 cm³/mol. The molecular formula is C20H20FN5O5. The lowest BCUT2D eigenvalue weighted by Gasteiger charge is -2.56. The van der Waals surface area contributed by atoms with Crippen molar-refractivity contribution < 1.29 is 19.0 Å². The smallest absolute Gasteiger partial charge is 0.318 e. The van der Waals surface area contributed by atoms with Crippen LogP contribution in [0.5, 0.6) is 0 Å². The van der Waals surface area contributed by atoms with E-state index in [0.717, 1.165) is 37.5 Å². The van der Waals surface area contributed by atoms with Crippen molar-refractivity contribution in [1.82, 2.24) is 9.78 Å². The molecule has 0 radical (unpaired) electrons. The molecule has 0 atom stereocenters. The Morgan fingerprint density at radius 3 is 2.26 bits per heavy atom. The molecule has 1 aromatic heterocycles. The summed E-state index contributed by atoms with van der Waals surface area (Å²) in [5, 5.41) is 29.1. The zero-order valence-corrected chi connectivity index (χ0v) is 16.5. The standard InChI is InChI=1S/C20H20FN5O5/c21-15-2-1-14(25(28)29)6-16(15)22-19(27)18-17(26(30)31)10-24(23-18)20-7-11-3-12(8-20)5-13(4-11)9-20/h1-2,6,10-13H,3-5,7-9H2,(H,22,27). The second kappa shape index (κ2) is 6.82. The van der Waals surface area contributed by atoms with E-state index in [0.29, 0.717) is 17.8 Å².